The third-order valence-electron chi connectivity index (χ3n) is 2.58. The van der Waals surface area contributed by atoms with E-state index in [4.69, 9.17) is 16.3 Å². The molecule has 0 saturated carbocycles. The average molecular weight is 381 g/mol. The highest BCUT2D eigenvalue weighted by Crippen LogP contribution is 2.18. The molecule has 0 radical (unpaired) electrons. The maximum absolute atomic E-state index is 13.4. The Kier molecular flexibility index (Phi) is 8.30. The molecule has 1 N–H and O–H groups in total. The number of nitrogens with one attached hydrogen (secondary N) is 1. The summed E-state index contributed by atoms with van der Waals surface area (Å²) < 4.78 is 18.2. The predicted molar refractivity (Wildman–Crippen MR) is 83.3 cm³/mol. The number of anilines is 1. The van der Waals surface area contributed by atoms with E-state index in [1.165, 1.54) is 12.1 Å². The minimum Gasteiger partial charge on any atom is -0.456 e. The molecule has 0 bridgehead atoms. The van der Waals surface area contributed by atoms with Crippen molar-refractivity contribution in [2.45, 2.75) is 25.7 Å². The number of rotatable bonds is 8. The number of halogens is 3. The molecule has 1 aromatic carbocycles. The smallest absolute Gasteiger partial charge is 0.306 e. The van der Waals surface area contributed by atoms with Gasteiger partial charge < -0.3 is 10.1 Å². The first-order valence-electron chi connectivity index (χ1n) is 6.49. The van der Waals surface area contributed by atoms with Gasteiger partial charge in [-0.1, -0.05) is 34.0 Å². The van der Waals surface area contributed by atoms with Gasteiger partial charge in [0.15, 0.2) is 6.61 Å². The Morgan fingerprint density at radius 1 is 1.29 bits per heavy atom. The van der Waals surface area contributed by atoms with E-state index in [2.05, 4.69) is 21.2 Å². The van der Waals surface area contributed by atoms with Crippen LogP contribution in [0.4, 0.5) is 10.1 Å². The van der Waals surface area contributed by atoms with Gasteiger partial charge in [0, 0.05) is 16.8 Å². The highest BCUT2D eigenvalue weighted by molar-refractivity contribution is 9.09. The van der Waals surface area contributed by atoms with Crippen LogP contribution in [0.25, 0.3) is 0 Å². The lowest BCUT2D eigenvalue weighted by molar-refractivity contribution is -0.147. The number of amides is 1. The van der Waals surface area contributed by atoms with Crippen molar-refractivity contribution in [2.24, 2.45) is 0 Å². The third kappa shape index (κ3) is 7.43. The van der Waals surface area contributed by atoms with Gasteiger partial charge in [0.2, 0.25) is 0 Å². The molecule has 1 rings (SSSR count). The normalized spacial score (nSPS) is 10.2. The predicted octanol–water partition coefficient (Wildman–Crippen LogP) is 3.92. The van der Waals surface area contributed by atoms with Crippen molar-refractivity contribution in [3.05, 3.63) is 29.0 Å². The molecule has 116 valence electrons. The monoisotopic (exact) mass is 379 g/mol. The molecular weight excluding hydrogens is 365 g/mol. The second-order valence-corrected chi connectivity index (χ2v) is 5.56. The van der Waals surface area contributed by atoms with Gasteiger partial charge in [0.1, 0.15) is 5.82 Å². The second-order valence-electron chi connectivity index (χ2n) is 4.33. The number of hydrogen-bond acceptors (Lipinski definition) is 3. The van der Waals surface area contributed by atoms with E-state index in [9.17, 15) is 14.0 Å². The highest BCUT2D eigenvalue weighted by atomic mass is 79.9. The molecule has 0 aliphatic heterocycles. The molecule has 0 saturated heterocycles. The van der Waals surface area contributed by atoms with E-state index < -0.39 is 24.3 Å². The third-order valence-corrected chi connectivity index (χ3v) is 3.38. The lowest BCUT2D eigenvalue weighted by atomic mass is 10.2. The van der Waals surface area contributed by atoms with Crippen molar-refractivity contribution < 1.29 is 18.7 Å². The Morgan fingerprint density at radius 3 is 2.71 bits per heavy atom. The van der Waals surface area contributed by atoms with Crippen molar-refractivity contribution in [2.75, 3.05) is 17.3 Å². The number of esters is 1. The summed E-state index contributed by atoms with van der Waals surface area (Å²) in [4.78, 5) is 22.9. The fourth-order valence-corrected chi connectivity index (χ4v) is 2.09. The molecule has 7 heteroatoms. The molecule has 0 atom stereocenters. The van der Waals surface area contributed by atoms with Gasteiger partial charge in [-0.2, -0.15) is 0 Å². The van der Waals surface area contributed by atoms with Crippen LogP contribution in [-0.2, 0) is 14.3 Å². The molecule has 4 nitrogen and oxygen atoms in total. The summed E-state index contributed by atoms with van der Waals surface area (Å²) in [5, 5.41) is 3.45. The first kappa shape index (κ1) is 17.9. The van der Waals surface area contributed by atoms with Gasteiger partial charge in [-0.25, -0.2) is 4.39 Å². The quantitative estimate of drug-likeness (QED) is 0.422. The number of hydrogen-bond donors (Lipinski definition) is 1. The van der Waals surface area contributed by atoms with Crippen molar-refractivity contribution in [1.29, 1.82) is 0 Å². The Bertz CT molecular complexity index is 499. The van der Waals surface area contributed by atoms with Crippen LogP contribution in [0.2, 0.25) is 5.02 Å². The molecule has 21 heavy (non-hydrogen) atoms. The van der Waals surface area contributed by atoms with Crippen molar-refractivity contribution in [3.8, 4) is 0 Å². The van der Waals surface area contributed by atoms with Crippen LogP contribution in [0.5, 0.6) is 0 Å². The van der Waals surface area contributed by atoms with Gasteiger partial charge in [-0.15, -0.1) is 0 Å². The van der Waals surface area contributed by atoms with Crippen LogP contribution in [0.1, 0.15) is 25.7 Å². The lowest BCUT2D eigenvalue weighted by Gasteiger charge is -2.07. The van der Waals surface area contributed by atoms with Gasteiger partial charge in [0.05, 0.1) is 5.69 Å². The SMILES string of the molecule is O=C(COC(=O)CCCCCBr)Nc1ccc(Cl)cc1F. The zero-order valence-corrected chi connectivity index (χ0v) is 13.7. The van der Waals surface area contributed by atoms with Crippen LogP contribution in [0.15, 0.2) is 18.2 Å². The van der Waals surface area contributed by atoms with Crippen molar-refractivity contribution in [1.82, 2.24) is 0 Å². The summed E-state index contributed by atoms with van der Waals surface area (Å²) in [6, 6.07) is 3.89. The summed E-state index contributed by atoms with van der Waals surface area (Å²) >= 11 is 8.90. The second kappa shape index (κ2) is 9.73. The van der Waals surface area contributed by atoms with Gasteiger partial charge in [-0.3, -0.25) is 9.59 Å². The van der Waals surface area contributed by atoms with Crippen LogP contribution in [0, 0.1) is 5.82 Å². The minimum absolute atomic E-state index is 0.00207. The van der Waals surface area contributed by atoms with E-state index in [1.807, 2.05) is 0 Å². The van der Waals surface area contributed by atoms with Crippen LogP contribution in [-0.4, -0.2) is 23.8 Å². The summed E-state index contributed by atoms with van der Waals surface area (Å²) in [6.07, 6.45) is 2.90. The first-order valence-corrected chi connectivity index (χ1v) is 7.99. The Labute approximate surface area is 136 Å². The molecule has 0 spiro atoms. The highest BCUT2D eigenvalue weighted by Gasteiger charge is 2.10. The molecule has 0 aromatic heterocycles. The molecule has 0 aliphatic carbocycles. The molecule has 0 aliphatic rings. The maximum Gasteiger partial charge on any atom is 0.306 e. The number of benzene rings is 1. The van der Waals surface area contributed by atoms with Gasteiger partial charge in [-0.05, 0) is 31.0 Å². The fraction of sp³-hybridized carbons (Fsp3) is 0.429. The molecule has 0 heterocycles. The summed E-state index contributed by atoms with van der Waals surface area (Å²) in [7, 11) is 0. The number of carbonyl (C=O) groups is 2. The van der Waals surface area contributed by atoms with Crippen LogP contribution >= 0.6 is 27.5 Å². The van der Waals surface area contributed by atoms with Crippen LogP contribution < -0.4 is 5.32 Å². The number of ether oxygens (including phenoxy) is 1. The number of unbranched alkanes of at least 4 members (excludes halogenated alkanes) is 2. The van der Waals surface area contributed by atoms with E-state index in [-0.39, 0.29) is 17.1 Å². The minimum atomic E-state index is -0.642. The molecule has 0 unspecified atom stereocenters. The maximum atomic E-state index is 13.4. The number of carbonyl (C=O) groups excluding carboxylic acids is 2. The summed E-state index contributed by atoms with van der Waals surface area (Å²) in [6.45, 7) is -0.431. The lowest BCUT2D eigenvalue weighted by Crippen LogP contribution is -2.21. The molecule has 0 fully saturated rings. The van der Waals surface area contributed by atoms with Crippen LogP contribution in [0.3, 0.4) is 0 Å². The van der Waals surface area contributed by atoms with E-state index >= 15 is 0 Å². The average Bonchev–Trinajstić information content (AvgIpc) is 2.44. The Balaban J connectivity index is 2.29. The largest absolute Gasteiger partial charge is 0.456 e. The van der Waals surface area contributed by atoms with Gasteiger partial charge >= 0.3 is 5.97 Å². The molecular formula is C14H16BrClFNO3. The Hall–Kier alpha value is -1.14. The van der Waals surface area contributed by atoms with Gasteiger partial charge in [0.25, 0.3) is 5.91 Å². The summed E-state index contributed by atoms with van der Waals surface area (Å²) in [5.74, 6) is -1.67. The fourth-order valence-electron chi connectivity index (χ4n) is 1.54. The number of alkyl halides is 1. The Morgan fingerprint density at radius 2 is 2.05 bits per heavy atom. The topological polar surface area (TPSA) is 55.4 Å². The van der Waals surface area contributed by atoms with E-state index in [1.54, 1.807) is 0 Å². The first-order chi connectivity index (χ1) is 10.0. The van der Waals surface area contributed by atoms with E-state index in [0.29, 0.717) is 0 Å². The zero-order valence-electron chi connectivity index (χ0n) is 11.3. The standard InChI is InChI=1S/C14H16BrClFNO3/c15-7-3-1-2-4-14(20)21-9-13(19)18-12-6-5-10(16)8-11(12)17/h5-6,8H,1-4,7,9H2,(H,18,19). The zero-order chi connectivity index (χ0) is 15.7. The van der Waals surface area contributed by atoms with Crippen molar-refractivity contribution in [3.63, 3.8) is 0 Å². The van der Waals surface area contributed by atoms with E-state index in [0.717, 1.165) is 30.7 Å². The van der Waals surface area contributed by atoms with Crippen molar-refractivity contribution >= 4 is 45.1 Å². The molecule has 1 aromatic rings. The summed E-state index contributed by atoms with van der Waals surface area (Å²) in [5.41, 5.74) is -0.00207. The molecule has 1 amide bonds.